The van der Waals surface area contributed by atoms with Crippen LogP contribution in [0.2, 0.25) is 0 Å². The zero-order chi connectivity index (χ0) is 16.9. The van der Waals surface area contributed by atoms with Gasteiger partial charge in [-0.05, 0) is 40.5 Å². The predicted octanol–water partition coefficient (Wildman–Crippen LogP) is 3.74. The fraction of sp³-hybridized carbons (Fsp3) is 0.316. The highest BCUT2D eigenvalue weighted by Gasteiger charge is 2.29. The molecule has 1 saturated heterocycles. The minimum Gasteiger partial charge on any atom is -0.475 e. The molecule has 1 aliphatic heterocycles. The Hall–Kier alpha value is -1.85. The zero-order valence-electron chi connectivity index (χ0n) is 13.6. The maximum absolute atomic E-state index is 13.0. The number of ether oxygens (including phenoxy) is 2. The van der Waals surface area contributed by atoms with Crippen LogP contribution in [-0.4, -0.2) is 37.1 Å². The van der Waals surface area contributed by atoms with Gasteiger partial charge in [-0.25, -0.2) is 0 Å². The molecule has 2 aromatic rings. The van der Waals surface area contributed by atoms with Gasteiger partial charge in [0, 0.05) is 18.7 Å². The quantitative estimate of drug-likeness (QED) is 0.799. The maximum atomic E-state index is 13.0. The second kappa shape index (κ2) is 7.81. The molecule has 2 aromatic carbocycles. The van der Waals surface area contributed by atoms with Gasteiger partial charge in [0.05, 0.1) is 17.7 Å². The Balaban J connectivity index is 1.88. The normalized spacial score (nSPS) is 15.8. The van der Waals surface area contributed by atoms with Crippen molar-refractivity contribution in [1.82, 2.24) is 4.90 Å². The van der Waals surface area contributed by atoms with Crippen LogP contribution < -0.4 is 4.74 Å². The van der Waals surface area contributed by atoms with Crippen molar-refractivity contribution >= 4 is 21.8 Å². The Morgan fingerprint density at radius 2 is 1.88 bits per heavy atom. The number of rotatable bonds is 4. The lowest BCUT2D eigenvalue weighted by Gasteiger charge is -2.31. The van der Waals surface area contributed by atoms with Gasteiger partial charge in [0.1, 0.15) is 5.75 Å². The van der Waals surface area contributed by atoms with E-state index in [9.17, 15) is 4.79 Å². The highest BCUT2D eigenvalue weighted by molar-refractivity contribution is 9.10. The molecule has 0 N–H and O–H groups in total. The van der Waals surface area contributed by atoms with Gasteiger partial charge in [-0.2, -0.15) is 0 Å². The maximum Gasteiger partial charge on any atom is 0.268 e. The largest absolute Gasteiger partial charge is 0.475 e. The number of nitrogens with zero attached hydrogens (tertiary/aromatic N) is 1. The second-order valence-corrected chi connectivity index (χ2v) is 6.63. The van der Waals surface area contributed by atoms with Crippen molar-refractivity contribution in [3.05, 3.63) is 64.1 Å². The number of aryl methyl sites for hydroxylation is 1. The molecule has 0 spiro atoms. The Bertz CT molecular complexity index is 699. The summed E-state index contributed by atoms with van der Waals surface area (Å²) in [5.74, 6) is 0.632. The van der Waals surface area contributed by atoms with E-state index in [4.69, 9.17) is 9.47 Å². The molecule has 1 aliphatic rings. The van der Waals surface area contributed by atoms with Crippen LogP contribution in [0.15, 0.2) is 53.0 Å². The van der Waals surface area contributed by atoms with Crippen LogP contribution in [-0.2, 0) is 9.53 Å². The highest BCUT2D eigenvalue weighted by Crippen LogP contribution is 2.31. The number of carbonyl (C=O) groups is 1. The summed E-state index contributed by atoms with van der Waals surface area (Å²) in [5, 5.41) is 0. The smallest absolute Gasteiger partial charge is 0.268 e. The molecule has 0 bridgehead atoms. The molecule has 0 saturated carbocycles. The van der Waals surface area contributed by atoms with Gasteiger partial charge in [0.15, 0.2) is 0 Å². The second-order valence-electron chi connectivity index (χ2n) is 5.78. The molecule has 24 heavy (non-hydrogen) atoms. The predicted molar refractivity (Wildman–Crippen MR) is 96.1 cm³/mol. The molecular formula is C19H20BrNO3. The molecule has 3 rings (SSSR count). The SMILES string of the molecule is Cc1ccc(O[C@@H](C(=O)N2CCOCC2)c2ccccc2)c(Br)c1. The van der Waals surface area contributed by atoms with Crippen molar-refractivity contribution in [3.63, 3.8) is 0 Å². The third kappa shape index (κ3) is 3.97. The van der Waals surface area contributed by atoms with Gasteiger partial charge in [0.25, 0.3) is 5.91 Å². The first kappa shape index (κ1) is 17.0. The first-order chi connectivity index (χ1) is 11.6. The fourth-order valence-electron chi connectivity index (χ4n) is 2.67. The van der Waals surface area contributed by atoms with E-state index in [-0.39, 0.29) is 5.91 Å². The molecule has 4 nitrogen and oxygen atoms in total. The Morgan fingerprint density at radius 1 is 1.17 bits per heavy atom. The summed E-state index contributed by atoms with van der Waals surface area (Å²) >= 11 is 3.52. The van der Waals surface area contributed by atoms with Gasteiger partial charge in [-0.1, -0.05) is 36.4 Å². The van der Waals surface area contributed by atoms with E-state index in [0.717, 1.165) is 15.6 Å². The molecule has 0 radical (unpaired) electrons. The van der Waals surface area contributed by atoms with Crippen LogP contribution in [0.5, 0.6) is 5.75 Å². The number of amides is 1. The molecule has 1 fully saturated rings. The van der Waals surface area contributed by atoms with Crippen LogP contribution in [0, 0.1) is 6.92 Å². The van der Waals surface area contributed by atoms with Gasteiger partial charge >= 0.3 is 0 Å². The van der Waals surface area contributed by atoms with E-state index in [2.05, 4.69) is 15.9 Å². The van der Waals surface area contributed by atoms with Gasteiger partial charge < -0.3 is 14.4 Å². The Kier molecular flexibility index (Phi) is 5.53. The molecule has 5 heteroatoms. The Labute approximate surface area is 150 Å². The van der Waals surface area contributed by atoms with Crippen molar-refractivity contribution in [3.8, 4) is 5.75 Å². The third-order valence-corrected chi connectivity index (χ3v) is 4.60. The summed E-state index contributed by atoms with van der Waals surface area (Å²) in [6.45, 7) is 4.35. The monoisotopic (exact) mass is 389 g/mol. The summed E-state index contributed by atoms with van der Waals surface area (Å²) < 4.78 is 12.3. The molecule has 1 amide bonds. The van der Waals surface area contributed by atoms with Crippen molar-refractivity contribution in [2.75, 3.05) is 26.3 Å². The van der Waals surface area contributed by atoms with E-state index >= 15 is 0 Å². The zero-order valence-corrected chi connectivity index (χ0v) is 15.2. The van der Waals surface area contributed by atoms with Gasteiger partial charge in [-0.15, -0.1) is 0 Å². The average molecular weight is 390 g/mol. The molecular weight excluding hydrogens is 370 g/mol. The first-order valence-corrected chi connectivity index (χ1v) is 8.79. The molecule has 0 aliphatic carbocycles. The van der Waals surface area contributed by atoms with Crippen LogP contribution in [0.1, 0.15) is 17.2 Å². The summed E-state index contributed by atoms with van der Waals surface area (Å²) in [4.78, 5) is 14.8. The number of halogens is 1. The van der Waals surface area contributed by atoms with Gasteiger partial charge in [0.2, 0.25) is 6.10 Å². The van der Waals surface area contributed by atoms with Crippen LogP contribution in [0.25, 0.3) is 0 Å². The van der Waals surface area contributed by atoms with Crippen molar-refractivity contribution in [2.24, 2.45) is 0 Å². The van der Waals surface area contributed by atoms with E-state index in [1.165, 1.54) is 0 Å². The average Bonchev–Trinajstić information content (AvgIpc) is 2.62. The van der Waals surface area contributed by atoms with Crippen LogP contribution >= 0.6 is 15.9 Å². The third-order valence-electron chi connectivity index (χ3n) is 3.98. The van der Waals surface area contributed by atoms with E-state index in [1.54, 1.807) is 0 Å². The van der Waals surface area contributed by atoms with E-state index in [0.29, 0.717) is 32.1 Å². The van der Waals surface area contributed by atoms with E-state index in [1.807, 2.05) is 60.4 Å². The summed E-state index contributed by atoms with van der Waals surface area (Å²) in [6, 6.07) is 15.5. The number of carbonyl (C=O) groups excluding carboxylic acids is 1. The standard InChI is InChI=1S/C19H20BrNO3/c1-14-7-8-17(16(20)13-14)24-18(15-5-3-2-4-6-15)19(22)21-9-11-23-12-10-21/h2-8,13,18H,9-12H2,1H3/t18-/m1/s1. The topological polar surface area (TPSA) is 38.8 Å². The molecule has 1 atom stereocenters. The van der Waals surface area contributed by atoms with Crippen LogP contribution in [0.3, 0.4) is 0 Å². The first-order valence-electron chi connectivity index (χ1n) is 7.99. The number of hydrogen-bond acceptors (Lipinski definition) is 3. The fourth-order valence-corrected chi connectivity index (χ4v) is 3.25. The lowest BCUT2D eigenvalue weighted by atomic mass is 10.1. The lowest BCUT2D eigenvalue weighted by molar-refractivity contribution is -0.143. The molecule has 0 aromatic heterocycles. The lowest BCUT2D eigenvalue weighted by Crippen LogP contribution is -2.44. The summed E-state index contributed by atoms with van der Waals surface area (Å²) in [6.07, 6.45) is -0.664. The van der Waals surface area contributed by atoms with Crippen molar-refractivity contribution in [2.45, 2.75) is 13.0 Å². The summed E-state index contributed by atoms with van der Waals surface area (Å²) in [7, 11) is 0. The molecule has 1 heterocycles. The number of morpholine rings is 1. The number of hydrogen-bond donors (Lipinski definition) is 0. The van der Waals surface area contributed by atoms with Gasteiger partial charge in [-0.3, -0.25) is 4.79 Å². The molecule has 126 valence electrons. The Morgan fingerprint density at radius 3 is 2.54 bits per heavy atom. The molecule has 0 unspecified atom stereocenters. The van der Waals surface area contributed by atoms with Crippen molar-refractivity contribution in [1.29, 1.82) is 0 Å². The number of benzene rings is 2. The minimum absolute atomic E-state index is 0.0306. The minimum atomic E-state index is -0.664. The summed E-state index contributed by atoms with van der Waals surface area (Å²) in [5.41, 5.74) is 1.98. The van der Waals surface area contributed by atoms with E-state index < -0.39 is 6.10 Å². The highest BCUT2D eigenvalue weighted by atomic mass is 79.9. The van der Waals surface area contributed by atoms with Crippen molar-refractivity contribution < 1.29 is 14.3 Å². The van der Waals surface area contributed by atoms with Crippen LogP contribution in [0.4, 0.5) is 0 Å².